The van der Waals surface area contributed by atoms with Gasteiger partial charge >= 0.3 is 0 Å². The quantitative estimate of drug-likeness (QED) is 0.176. The van der Waals surface area contributed by atoms with Crippen molar-refractivity contribution in [3.63, 3.8) is 0 Å². The van der Waals surface area contributed by atoms with Crippen LogP contribution in [0.3, 0.4) is 0 Å². The smallest absolute Gasteiger partial charge is 0.164 e. The lowest BCUT2D eigenvalue weighted by molar-refractivity contribution is 0.668. The van der Waals surface area contributed by atoms with Crippen LogP contribution in [0.1, 0.15) is 0 Å². The SMILES string of the molecule is c1ccc(-c2cccc3c2c2ccccc2n3-c2ccc3c(c2)oc2cccc(-c4nc(-c5ccc6ccccc6c5)nc(-c5ccc6ccccc6c5)n4)c23)cc1. The molecule has 5 heteroatoms. The highest BCUT2D eigenvalue weighted by molar-refractivity contribution is 6.16. The Morgan fingerprint density at radius 1 is 0.345 bits per heavy atom. The molecular weight excluding hydrogens is 709 g/mol. The summed E-state index contributed by atoms with van der Waals surface area (Å²) >= 11 is 0. The molecule has 0 N–H and O–H groups in total. The summed E-state index contributed by atoms with van der Waals surface area (Å²) in [7, 11) is 0. The van der Waals surface area contributed by atoms with E-state index in [1.807, 2.05) is 12.1 Å². The Morgan fingerprint density at radius 3 is 1.69 bits per heavy atom. The Labute approximate surface area is 333 Å². The number of fused-ring (bicyclic) bond motifs is 8. The summed E-state index contributed by atoms with van der Waals surface area (Å²) in [4.78, 5) is 15.5. The molecule has 0 aliphatic carbocycles. The zero-order chi connectivity index (χ0) is 38.2. The molecule has 12 aromatic rings. The summed E-state index contributed by atoms with van der Waals surface area (Å²) in [5, 5.41) is 9.01. The van der Waals surface area contributed by atoms with Crippen LogP contribution < -0.4 is 0 Å². The van der Waals surface area contributed by atoms with E-state index in [4.69, 9.17) is 19.4 Å². The fourth-order valence-electron chi connectivity index (χ4n) is 8.71. The topological polar surface area (TPSA) is 56.7 Å². The number of hydrogen-bond acceptors (Lipinski definition) is 4. The zero-order valence-electron chi connectivity index (χ0n) is 31.2. The predicted molar refractivity (Wildman–Crippen MR) is 238 cm³/mol. The zero-order valence-corrected chi connectivity index (χ0v) is 31.2. The van der Waals surface area contributed by atoms with Gasteiger partial charge in [0.15, 0.2) is 17.5 Å². The summed E-state index contributed by atoms with van der Waals surface area (Å²) in [6.07, 6.45) is 0. The molecule has 0 atom stereocenters. The molecule has 0 aliphatic heterocycles. The molecule has 0 unspecified atom stereocenters. The molecule has 0 aliphatic rings. The molecule has 0 bridgehead atoms. The maximum atomic E-state index is 6.71. The highest BCUT2D eigenvalue weighted by Crippen LogP contribution is 2.41. The minimum atomic E-state index is 0.592. The number of para-hydroxylation sites is 1. The van der Waals surface area contributed by atoms with Crippen molar-refractivity contribution in [2.24, 2.45) is 0 Å². The summed E-state index contributed by atoms with van der Waals surface area (Å²) in [5.41, 5.74) is 10.0. The monoisotopic (exact) mass is 740 g/mol. The normalized spacial score (nSPS) is 11.8. The van der Waals surface area contributed by atoms with Crippen LogP contribution >= 0.6 is 0 Å². The maximum Gasteiger partial charge on any atom is 0.164 e. The summed E-state index contributed by atoms with van der Waals surface area (Å²) in [5.74, 6) is 1.83. The van der Waals surface area contributed by atoms with Crippen molar-refractivity contribution in [1.29, 1.82) is 0 Å². The molecule has 3 heterocycles. The minimum Gasteiger partial charge on any atom is -0.456 e. The first kappa shape index (κ1) is 32.4. The van der Waals surface area contributed by atoms with Gasteiger partial charge in [-0.25, -0.2) is 15.0 Å². The fraction of sp³-hybridized carbons (Fsp3) is 0. The van der Waals surface area contributed by atoms with E-state index < -0.39 is 0 Å². The fourth-order valence-corrected chi connectivity index (χ4v) is 8.71. The molecule has 270 valence electrons. The van der Waals surface area contributed by atoms with Gasteiger partial charge in [-0.15, -0.1) is 0 Å². The van der Waals surface area contributed by atoms with Crippen LogP contribution in [0, 0.1) is 0 Å². The maximum absolute atomic E-state index is 6.71. The third-order valence-electron chi connectivity index (χ3n) is 11.4. The second kappa shape index (κ2) is 12.8. The average Bonchev–Trinajstić information content (AvgIpc) is 3.84. The van der Waals surface area contributed by atoms with Gasteiger partial charge in [-0.05, 0) is 75.1 Å². The van der Waals surface area contributed by atoms with Crippen LogP contribution in [0.25, 0.3) is 116 Å². The van der Waals surface area contributed by atoms with Crippen LogP contribution in [0.2, 0.25) is 0 Å². The second-order valence-corrected chi connectivity index (χ2v) is 14.8. The molecule has 0 spiro atoms. The number of aromatic nitrogens is 4. The highest BCUT2D eigenvalue weighted by atomic mass is 16.3. The molecular formula is C53H32N4O. The van der Waals surface area contributed by atoms with E-state index in [0.717, 1.165) is 66.1 Å². The van der Waals surface area contributed by atoms with E-state index in [0.29, 0.717) is 17.5 Å². The van der Waals surface area contributed by atoms with Crippen molar-refractivity contribution in [2.75, 3.05) is 0 Å². The van der Waals surface area contributed by atoms with Gasteiger partial charge in [0.2, 0.25) is 0 Å². The Hall–Kier alpha value is -7.89. The van der Waals surface area contributed by atoms with Crippen molar-refractivity contribution < 1.29 is 4.42 Å². The van der Waals surface area contributed by atoms with Crippen LogP contribution in [-0.2, 0) is 0 Å². The summed E-state index contributed by atoms with van der Waals surface area (Å²) in [6.45, 7) is 0. The molecule has 0 amide bonds. The Kier molecular flexibility index (Phi) is 7.16. The van der Waals surface area contributed by atoms with Crippen molar-refractivity contribution in [1.82, 2.24) is 19.5 Å². The highest BCUT2D eigenvalue weighted by Gasteiger charge is 2.21. The lowest BCUT2D eigenvalue weighted by Crippen LogP contribution is -2.00. The van der Waals surface area contributed by atoms with Gasteiger partial charge < -0.3 is 8.98 Å². The first-order valence-electron chi connectivity index (χ1n) is 19.5. The van der Waals surface area contributed by atoms with Gasteiger partial charge in [0.1, 0.15) is 11.2 Å². The van der Waals surface area contributed by atoms with Gasteiger partial charge in [-0.1, -0.05) is 146 Å². The molecule has 3 aromatic heterocycles. The molecule has 58 heavy (non-hydrogen) atoms. The van der Waals surface area contributed by atoms with Crippen LogP contribution in [0.15, 0.2) is 199 Å². The van der Waals surface area contributed by atoms with E-state index in [1.165, 1.54) is 32.7 Å². The third kappa shape index (κ3) is 5.14. The van der Waals surface area contributed by atoms with Gasteiger partial charge in [0.05, 0.1) is 11.0 Å². The lowest BCUT2D eigenvalue weighted by Gasteiger charge is -2.11. The van der Waals surface area contributed by atoms with Gasteiger partial charge in [0.25, 0.3) is 0 Å². The van der Waals surface area contributed by atoms with Crippen molar-refractivity contribution >= 4 is 65.3 Å². The number of rotatable bonds is 5. The lowest BCUT2D eigenvalue weighted by atomic mass is 9.99. The Morgan fingerprint density at radius 2 is 0.948 bits per heavy atom. The molecule has 12 rings (SSSR count). The number of nitrogens with zero attached hydrogens (tertiary/aromatic N) is 4. The van der Waals surface area contributed by atoms with E-state index in [2.05, 4.69) is 187 Å². The van der Waals surface area contributed by atoms with E-state index in [-0.39, 0.29) is 0 Å². The third-order valence-corrected chi connectivity index (χ3v) is 11.4. The van der Waals surface area contributed by atoms with Gasteiger partial charge in [-0.3, -0.25) is 0 Å². The molecule has 0 saturated carbocycles. The Bertz CT molecular complexity index is 3480. The summed E-state index contributed by atoms with van der Waals surface area (Å²) in [6, 6.07) is 68.0. The molecule has 5 nitrogen and oxygen atoms in total. The van der Waals surface area contributed by atoms with E-state index >= 15 is 0 Å². The largest absolute Gasteiger partial charge is 0.456 e. The number of benzene rings is 9. The van der Waals surface area contributed by atoms with E-state index in [1.54, 1.807) is 0 Å². The molecule has 9 aromatic carbocycles. The van der Waals surface area contributed by atoms with Crippen LogP contribution in [-0.4, -0.2) is 19.5 Å². The van der Waals surface area contributed by atoms with Crippen LogP contribution in [0.4, 0.5) is 0 Å². The van der Waals surface area contributed by atoms with Crippen LogP contribution in [0.5, 0.6) is 0 Å². The van der Waals surface area contributed by atoms with Crippen molar-refractivity contribution in [3.05, 3.63) is 194 Å². The van der Waals surface area contributed by atoms with Crippen molar-refractivity contribution in [3.8, 4) is 51.0 Å². The summed E-state index contributed by atoms with van der Waals surface area (Å²) < 4.78 is 9.06. The first-order chi connectivity index (χ1) is 28.7. The number of furan rings is 1. The second-order valence-electron chi connectivity index (χ2n) is 14.8. The van der Waals surface area contributed by atoms with Gasteiger partial charge in [-0.2, -0.15) is 0 Å². The first-order valence-corrected chi connectivity index (χ1v) is 19.5. The standard InChI is InChI=1S/C53H32N4O/c1-2-14-35(15-3-1)41-19-10-22-46-49(41)42-18-8-9-21-45(42)57(46)40-28-29-43-48(32-40)58-47-23-11-20-44(50(43)47)53-55-51(38-26-24-33-12-4-6-16-36(33)30-38)54-52(56-53)39-27-25-34-13-5-7-17-37(34)31-39/h1-32H. The predicted octanol–water partition coefficient (Wildman–Crippen LogP) is 13.8. The Balaban J connectivity index is 1.05. The molecule has 0 fully saturated rings. The minimum absolute atomic E-state index is 0.592. The van der Waals surface area contributed by atoms with Gasteiger partial charge in [0, 0.05) is 50.0 Å². The number of hydrogen-bond donors (Lipinski definition) is 0. The van der Waals surface area contributed by atoms with Crippen molar-refractivity contribution in [2.45, 2.75) is 0 Å². The molecule has 0 radical (unpaired) electrons. The molecule has 0 saturated heterocycles. The average molecular weight is 741 g/mol. The van der Waals surface area contributed by atoms with E-state index in [9.17, 15) is 0 Å².